The number of rotatable bonds is 9. The highest BCUT2D eigenvalue weighted by Gasteiger charge is 2.38. The van der Waals surface area contributed by atoms with Crippen molar-refractivity contribution in [3.8, 4) is 5.75 Å². The fourth-order valence-corrected chi connectivity index (χ4v) is 4.65. The van der Waals surface area contributed by atoms with Crippen LogP contribution >= 0.6 is 11.3 Å². The first-order chi connectivity index (χ1) is 14.9. The van der Waals surface area contributed by atoms with Crippen molar-refractivity contribution in [3.05, 3.63) is 53.0 Å². The third-order valence-corrected chi connectivity index (χ3v) is 6.61. The van der Waals surface area contributed by atoms with Crippen LogP contribution in [-0.2, 0) is 20.7 Å². The Hall–Kier alpha value is -2.93. The number of hydrogen-bond acceptors (Lipinski definition) is 6. The van der Waals surface area contributed by atoms with Crippen molar-refractivity contribution in [2.45, 2.75) is 40.0 Å². The van der Waals surface area contributed by atoms with E-state index < -0.39 is 11.3 Å². The maximum atomic E-state index is 13.0. The summed E-state index contributed by atoms with van der Waals surface area (Å²) in [7, 11) is 1.54. The monoisotopic (exact) mass is 440 g/mol. The molecule has 3 aromatic rings. The molecule has 0 spiro atoms. The number of methoxy groups -OCH3 is 1. The van der Waals surface area contributed by atoms with Gasteiger partial charge in [-0.15, -0.1) is 11.3 Å². The van der Waals surface area contributed by atoms with Gasteiger partial charge in [-0.2, -0.15) is 0 Å². The minimum atomic E-state index is -0.713. The van der Waals surface area contributed by atoms with Gasteiger partial charge in [-0.05, 0) is 49.6 Å². The molecule has 0 saturated heterocycles. The molecule has 6 nitrogen and oxygen atoms in total. The number of fused-ring (bicyclic) bond motifs is 1. The number of ether oxygens (including phenoxy) is 2. The number of aryl methyl sites for hydroxylation is 1. The summed E-state index contributed by atoms with van der Waals surface area (Å²) in [6, 6.07) is 13.4. The summed E-state index contributed by atoms with van der Waals surface area (Å²) >= 11 is 1.59. The average Bonchev–Trinajstić information content (AvgIpc) is 3.18. The Kier molecular flexibility index (Phi) is 7.28. The van der Waals surface area contributed by atoms with Gasteiger partial charge >= 0.3 is 5.97 Å². The Morgan fingerprint density at radius 1 is 1.13 bits per heavy atom. The Morgan fingerprint density at radius 2 is 1.87 bits per heavy atom. The molecule has 1 aromatic heterocycles. The normalized spacial score (nSPS) is 11.4. The lowest BCUT2D eigenvalue weighted by molar-refractivity contribution is -0.158. The van der Waals surface area contributed by atoms with E-state index in [9.17, 15) is 9.59 Å². The first-order valence-electron chi connectivity index (χ1n) is 10.4. The molecule has 0 aliphatic rings. The van der Waals surface area contributed by atoms with Crippen LogP contribution in [0.5, 0.6) is 5.75 Å². The van der Waals surface area contributed by atoms with E-state index in [4.69, 9.17) is 9.47 Å². The van der Waals surface area contributed by atoms with Crippen LogP contribution < -0.4 is 10.1 Å². The molecule has 1 amide bonds. The molecule has 31 heavy (non-hydrogen) atoms. The number of nitrogens with one attached hydrogen (secondary N) is 1. The lowest BCUT2D eigenvalue weighted by atomic mass is 9.79. The highest BCUT2D eigenvalue weighted by molar-refractivity contribution is 7.18. The van der Waals surface area contributed by atoms with E-state index in [1.807, 2.05) is 57.2 Å². The molecular weight excluding hydrogens is 412 g/mol. The second-order valence-electron chi connectivity index (χ2n) is 7.57. The number of carbonyl (C=O) groups excluding carboxylic acids is 2. The van der Waals surface area contributed by atoms with Gasteiger partial charge in [0.2, 0.25) is 0 Å². The molecule has 1 heterocycles. The minimum absolute atomic E-state index is 0.350. The first kappa shape index (κ1) is 22.7. The number of anilines is 1. The standard InChI is InChI=1S/C24H28N2O4S/c1-5-24(6-2,14-22-26-17-9-7-8-10-20(17)31-22)23(28)30-15-21(27)25-18-13-16(3)11-12-19(18)29-4/h7-13H,5-6,14-15H2,1-4H3,(H,25,27). The number of esters is 1. The van der Waals surface area contributed by atoms with E-state index in [0.29, 0.717) is 30.7 Å². The number of amides is 1. The maximum absolute atomic E-state index is 13.0. The van der Waals surface area contributed by atoms with Crippen LogP contribution in [0.4, 0.5) is 5.69 Å². The number of hydrogen-bond donors (Lipinski definition) is 1. The molecule has 0 atom stereocenters. The number of para-hydroxylation sites is 1. The zero-order valence-electron chi connectivity index (χ0n) is 18.4. The number of thiazole rings is 1. The molecule has 7 heteroatoms. The Labute approximate surface area is 186 Å². The molecule has 0 aliphatic heterocycles. The van der Waals surface area contributed by atoms with E-state index in [1.54, 1.807) is 24.5 Å². The Bertz CT molecular complexity index is 1040. The molecule has 0 aliphatic carbocycles. The van der Waals surface area contributed by atoms with Crippen molar-refractivity contribution >= 4 is 39.1 Å². The minimum Gasteiger partial charge on any atom is -0.495 e. The highest BCUT2D eigenvalue weighted by Crippen LogP contribution is 2.35. The van der Waals surface area contributed by atoms with Crippen molar-refractivity contribution < 1.29 is 19.1 Å². The molecule has 0 bridgehead atoms. The van der Waals surface area contributed by atoms with Crippen LogP contribution in [0.3, 0.4) is 0 Å². The van der Waals surface area contributed by atoms with Crippen LogP contribution in [0, 0.1) is 12.3 Å². The molecule has 164 valence electrons. The van der Waals surface area contributed by atoms with Gasteiger partial charge in [-0.3, -0.25) is 9.59 Å². The van der Waals surface area contributed by atoms with Crippen LogP contribution in [-0.4, -0.2) is 30.6 Å². The molecule has 0 fully saturated rings. The van der Waals surface area contributed by atoms with Gasteiger partial charge in [0.1, 0.15) is 5.75 Å². The Morgan fingerprint density at radius 3 is 2.55 bits per heavy atom. The fraction of sp³-hybridized carbons (Fsp3) is 0.375. The molecule has 1 N–H and O–H groups in total. The first-order valence-corrected chi connectivity index (χ1v) is 11.2. The lowest BCUT2D eigenvalue weighted by Crippen LogP contribution is -2.36. The largest absolute Gasteiger partial charge is 0.495 e. The van der Waals surface area contributed by atoms with Gasteiger partial charge in [0, 0.05) is 6.42 Å². The van der Waals surface area contributed by atoms with Crippen LogP contribution in [0.15, 0.2) is 42.5 Å². The predicted octanol–water partition coefficient (Wildman–Crippen LogP) is 5.14. The molecule has 2 aromatic carbocycles. The number of carbonyl (C=O) groups is 2. The van der Waals surface area contributed by atoms with Crippen molar-refractivity contribution in [2.24, 2.45) is 5.41 Å². The number of benzene rings is 2. The molecular formula is C24H28N2O4S. The second-order valence-corrected chi connectivity index (χ2v) is 8.68. The van der Waals surface area contributed by atoms with Gasteiger partial charge in [0.05, 0.1) is 33.4 Å². The summed E-state index contributed by atoms with van der Waals surface area (Å²) < 4.78 is 11.8. The van der Waals surface area contributed by atoms with Crippen molar-refractivity contribution in [1.29, 1.82) is 0 Å². The average molecular weight is 441 g/mol. The third-order valence-electron chi connectivity index (χ3n) is 5.58. The zero-order chi connectivity index (χ0) is 22.4. The highest BCUT2D eigenvalue weighted by atomic mass is 32.1. The van der Waals surface area contributed by atoms with Crippen LogP contribution in [0.25, 0.3) is 10.2 Å². The maximum Gasteiger partial charge on any atom is 0.312 e. The smallest absolute Gasteiger partial charge is 0.312 e. The van der Waals surface area contributed by atoms with E-state index in [2.05, 4.69) is 10.3 Å². The quantitative estimate of drug-likeness (QED) is 0.466. The number of nitrogens with zero attached hydrogens (tertiary/aromatic N) is 1. The van der Waals surface area contributed by atoms with Gasteiger partial charge in [0.15, 0.2) is 6.61 Å². The lowest BCUT2D eigenvalue weighted by Gasteiger charge is -2.28. The predicted molar refractivity (Wildman–Crippen MR) is 124 cm³/mol. The number of aromatic nitrogens is 1. The van der Waals surface area contributed by atoms with Gasteiger partial charge in [-0.1, -0.05) is 32.0 Å². The van der Waals surface area contributed by atoms with E-state index >= 15 is 0 Å². The third kappa shape index (κ3) is 5.22. The van der Waals surface area contributed by atoms with E-state index in [1.165, 1.54) is 0 Å². The van der Waals surface area contributed by atoms with E-state index in [-0.39, 0.29) is 12.6 Å². The summed E-state index contributed by atoms with van der Waals surface area (Å²) in [6.07, 6.45) is 1.70. The second kappa shape index (κ2) is 9.92. The van der Waals surface area contributed by atoms with Gasteiger partial charge in [0.25, 0.3) is 5.91 Å². The molecule has 0 radical (unpaired) electrons. The summed E-state index contributed by atoms with van der Waals surface area (Å²) in [6.45, 7) is 5.51. The Balaban J connectivity index is 1.67. The van der Waals surface area contributed by atoms with Crippen molar-refractivity contribution in [1.82, 2.24) is 4.98 Å². The molecule has 0 saturated carbocycles. The van der Waals surface area contributed by atoms with Gasteiger partial charge in [-0.25, -0.2) is 4.98 Å². The topological polar surface area (TPSA) is 77.5 Å². The van der Waals surface area contributed by atoms with Gasteiger partial charge < -0.3 is 14.8 Å². The summed E-state index contributed by atoms with van der Waals surface area (Å²) in [5.74, 6) is -0.223. The van der Waals surface area contributed by atoms with Crippen molar-refractivity contribution in [3.63, 3.8) is 0 Å². The summed E-state index contributed by atoms with van der Waals surface area (Å²) in [5.41, 5.74) is 1.76. The van der Waals surface area contributed by atoms with Crippen molar-refractivity contribution in [2.75, 3.05) is 19.0 Å². The van der Waals surface area contributed by atoms with Crippen LogP contribution in [0.2, 0.25) is 0 Å². The summed E-state index contributed by atoms with van der Waals surface area (Å²) in [4.78, 5) is 30.1. The van der Waals surface area contributed by atoms with Crippen LogP contribution in [0.1, 0.15) is 37.3 Å². The SMILES string of the molecule is CCC(CC)(Cc1nc2ccccc2s1)C(=O)OCC(=O)Nc1cc(C)ccc1OC. The molecule has 0 unspecified atom stereocenters. The molecule has 3 rings (SSSR count). The van der Waals surface area contributed by atoms with E-state index in [0.717, 1.165) is 20.8 Å². The fourth-order valence-electron chi connectivity index (χ4n) is 3.54. The summed E-state index contributed by atoms with van der Waals surface area (Å²) in [5, 5.41) is 3.66. The zero-order valence-corrected chi connectivity index (χ0v) is 19.2.